The number of anilines is 1. The highest BCUT2D eigenvalue weighted by Gasteiger charge is 2.39. The van der Waals surface area contributed by atoms with Crippen LogP contribution in [-0.2, 0) is 16.1 Å². The summed E-state index contributed by atoms with van der Waals surface area (Å²) in [4.78, 5) is 28.3. The van der Waals surface area contributed by atoms with Crippen LogP contribution in [0.15, 0.2) is 72.4 Å². The Morgan fingerprint density at radius 2 is 1.41 bits per heavy atom. The summed E-state index contributed by atoms with van der Waals surface area (Å²) >= 11 is 0. The zero-order valence-electron chi connectivity index (χ0n) is 19.5. The van der Waals surface area contributed by atoms with Crippen LogP contribution in [0.5, 0.6) is 17.2 Å². The van der Waals surface area contributed by atoms with Crippen LogP contribution in [0.25, 0.3) is 5.57 Å². The Hall–Kier alpha value is -4.26. The van der Waals surface area contributed by atoms with E-state index < -0.39 is 5.91 Å². The number of benzene rings is 3. The Morgan fingerprint density at radius 1 is 0.765 bits per heavy atom. The minimum absolute atomic E-state index is 0.165. The lowest BCUT2D eigenvalue weighted by molar-refractivity contribution is -0.137. The monoisotopic (exact) mass is 458 g/mol. The standard InChI is InChI=1S/C27H26N2O5/c1-17-5-7-18(8-6-17)16-29-26(30)24(19-9-11-20(32-2)12-10-19)25(27(29)31)28-22-15-21(33-3)13-14-23(22)34-4/h5-15,28H,16H2,1-4H3. The highest BCUT2D eigenvalue weighted by atomic mass is 16.5. The Morgan fingerprint density at radius 3 is 2.03 bits per heavy atom. The van der Waals surface area contributed by atoms with Crippen molar-refractivity contribution in [3.63, 3.8) is 0 Å². The first-order valence-corrected chi connectivity index (χ1v) is 10.7. The average molecular weight is 459 g/mol. The maximum Gasteiger partial charge on any atom is 0.278 e. The zero-order chi connectivity index (χ0) is 24.2. The number of carbonyl (C=O) groups is 2. The van der Waals surface area contributed by atoms with Gasteiger partial charge in [0.15, 0.2) is 0 Å². The molecule has 1 aliphatic rings. The van der Waals surface area contributed by atoms with Crippen LogP contribution in [-0.4, -0.2) is 38.0 Å². The largest absolute Gasteiger partial charge is 0.497 e. The van der Waals surface area contributed by atoms with Gasteiger partial charge in [-0.15, -0.1) is 0 Å². The number of rotatable bonds is 8. The van der Waals surface area contributed by atoms with Crippen molar-refractivity contribution in [1.82, 2.24) is 4.90 Å². The maximum absolute atomic E-state index is 13.5. The highest BCUT2D eigenvalue weighted by molar-refractivity contribution is 6.36. The molecule has 0 radical (unpaired) electrons. The first kappa shape index (κ1) is 22.9. The summed E-state index contributed by atoms with van der Waals surface area (Å²) in [7, 11) is 4.67. The van der Waals surface area contributed by atoms with E-state index in [2.05, 4.69) is 5.32 Å². The lowest BCUT2D eigenvalue weighted by Crippen LogP contribution is -2.32. The van der Waals surface area contributed by atoms with Crippen molar-refractivity contribution in [2.75, 3.05) is 26.6 Å². The number of methoxy groups -OCH3 is 3. The van der Waals surface area contributed by atoms with Crippen LogP contribution in [0, 0.1) is 6.92 Å². The zero-order valence-corrected chi connectivity index (χ0v) is 19.5. The van der Waals surface area contributed by atoms with Crippen LogP contribution in [0.1, 0.15) is 16.7 Å². The molecule has 1 aliphatic heterocycles. The number of nitrogens with one attached hydrogen (secondary N) is 1. The van der Waals surface area contributed by atoms with Crippen molar-refractivity contribution in [2.45, 2.75) is 13.5 Å². The summed E-state index contributed by atoms with van der Waals surface area (Å²) in [6.45, 7) is 2.15. The van der Waals surface area contributed by atoms with Gasteiger partial charge in [0.25, 0.3) is 11.8 Å². The number of nitrogens with zero attached hydrogens (tertiary/aromatic N) is 1. The summed E-state index contributed by atoms with van der Waals surface area (Å²) in [5.74, 6) is 0.964. The predicted octanol–water partition coefficient (Wildman–Crippen LogP) is 4.41. The number of carbonyl (C=O) groups excluding carboxylic acids is 2. The number of aryl methyl sites for hydroxylation is 1. The summed E-state index contributed by atoms with van der Waals surface area (Å²) in [6, 6.07) is 20.0. The van der Waals surface area contributed by atoms with Crippen molar-refractivity contribution < 1.29 is 23.8 Å². The second-order valence-corrected chi connectivity index (χ2v) is 7.85. The van der Waals surface area contributed by atoms with E-state index >= 15 is 0 Å². The van der Waals surface area contributed by atoms with Gasteiger partial charge in [-0.1, -0.05) is 42.0 Å². The van der Waals surface area contributed by atoms with Crippen molar-refractivity contribution in [3.8, 4) is 17.2 Å². The molecule has 34 heavy (non-hydrogen) atoms. The van der Waals surface area contributed by atoms with E-state index in [1.165, 1.54) is 12.0 Å². The molecule has 0 saturated heterocycles. The molecule has 4 rings (SSSR count). The van der Waals surface area contributed by atoms with Crippen molar-refractivity contribution >= 4 is 23.1 Å². The summed E-state index contributed by atoms with van der Waals surface area (Å²) in [6.07, 6.45) is 0. The van der Waals surface area contributed by atoms with Crippen molar-refractivity contribution in [3.05, 3.63) is 89.1 Å². The highest BCUT2D eigenvalue weighted by Crippen LogP contribution is 2.36. The fourth-order valence-corrected chi connectivity index (χ4v) is 3.78. The van der Waals surface area contributed by atoms with Gasteiger partial charge < -0.3 is 19.5 Å². The molecule has 0 atom stereocenters. The maximum atomic E-state index is 13.5. The molecular weight excluding hydrogens is 432 g/mol. The molecule has 7 nitrogen and oxygen atoms in total. The summed E-state index contributed by atoms with van der Waals surface area (Å²) < 4.78 is 16.0. The second-order valence-electron chi connectivity index (χ2n) is 7.85. The molecule has 0 aromatic heterocycles. The summed E-state index contributed by atoms with van der Waals surface area (Å²) in [5, 5.41) is 3.15. The van der Waals surface area contributed by atoms with E-state index in [-0.39, 0.29) is 23.7 Å². The van der Waals surface area contributed by atoms with Gasteiger partial charge in [-0.25, -0.2) is 0 Å². The first-order valence-electron chi connectivity index (χ1n) is 10.7. The minimum atomic E-state index is -0.415. The number of hydrogen-bond donors (Lipinski definition) is 1. The predicted molar refractivity (Wildman–Crippen MR) is 130 cm³/mol. The topological polar surface area (TPSA) is 77.1 Å². The van der Waals surface area contributed by atoms with E-state index in [9.17, 15) is 9.59 Å². The quantitative estimate of drug-likeness (QED) is 0.504. The van der Waals surface area contributed by atoms with Gasteiger partial charge in [0.05, 0.1) is 39.1 Å². The van der Waals surface area contributed by atoms with Gasteiger partial charge >= 0.3 is 0 Å². The molecule has 1 N–H and O–H groups in total. The van der Waals surface area contributed by atoms with Crippen LogP contribution < -0.4 is 19.5 Å². The Labute approximate surface area is 198 Å². The molecule has 1 heterocycles. The van der Waals surface area contributed by atoms with E-state index in [1.54, 1.807) is 56.7 Å². The molecule has 0 fully saturated rings. The van der Waals surface area contributed by atoms with Gasteiger partial charge in [0, 0.05) is 6.07 Å². The molecular formula is C27H26N2O5. The van der Waals surface area contributed by atoms with Gasteiger partial charge in [-0.3, -0.25) is 14.5 Å². The SMILES string of the molecule is COc1ccc(C2=C(Nc3cc(OC)ccc3OC)C(=O)N(Cc3ccc(C)cc3)C2=O)cc1. The summed E-state index contributed by atoms with van der Waals surface area (Å²) in [5.41, 5.74) is 3.54. The van der Waals surface area contributed by atoms with Gasteiger partial charge in [-0.05, 0) is 42.3 Å². The van der Waals surface area contributed by atoms with Crippen LogP contribution in [0.3, 0.4) is 0 Å². The number of hydrogen-bond acceptors (Lipinski definition) is 6. The normalized spacial score (nSPS) is 13.4. The minimum Gasteiger partial charge on any atom is -0.497 e. The molecule has 0 saturated carbocycles. The molecule has 2 amide bonds. The van der Waals surface area contributed by atoms with Crippen molar-refractivity contribution in [2.24, 2.45) is 0 Å². The van der Waals surface area contributed by atoms with Crippen LogP contribution in [0.4, 0.5) is 5.69 Å². The van der Waals surface area contributed by atoms with Gasteiger partial charge in [-0.2, -0.15) is 0 Å². The van der Waals surface area contributed by atoms with Gasteiger partial charge in [0.2, 0.25) is 0 Å². The Bertz CT molecular complexity index is 1250. The van der Waals surface area contributed by atoms with E-state index in [1.807, 2.05) is 31.2 Å². The molecule has 3 aromatic carbocycles. The number of ether oxygens (including phenoxy) is 3. The fourth-order valence-electron chi connectivity index (χ4n) is 3.78. The van der Waals surface area contributed by atoms with E-state index in [0.717, 1.165) is 11.1 Å². The van der Waals surface area contributed by atoms with Gasteiger partial charge in [0.1, 0.15) is 22.9 Å². The fraction of sp³-hybridized carbons (Fsp3) is 0.185. The molecule has 3 aromatic rings. The number of amides is 2. The average Bonchev–Trinajstić information content (AvgIpc) is 3.09. The molecule has 0 unspecified atom stereocenters. The third kappa shape index (κ3) is 4.45. The Balaban J connectivity index is 1.77. The van der Waals surface area contributed by atoms with Crippen LogP contribution >= 0.6 is 0 Å². The third-order valence-electron chi connectivity index (χ3n) is 5.67. The first-order chi connectivity index (χ1) is 16.4. The third-order valence-corrected chi connectivity index (χ3v) is 5.67. The molecule has 0 bridgehead atoms. The smallest absolute Gasteiger partial charge is 0.278 e. The molecule has 0 spiro atoms. The molecule has 0 aliphatic carbocycles. The number of imide groups is 1. The lowest BCUT2D eigenvalue weighted by atomic mass is 10.0. The Kier molecular flexibility index (Phi) is 6.54. The second kappa shape index (κ2) is 9.70. The molecule has 174 valence electrons. The molecule has 7 heteroatoms. The van der Waals surface area contributed by atoms with Crippen LogP contribution in [0.2, 0.25) is 0 Å². The van der Waals surface area contributed by atoms with E-state index in [4.69, 9.17) is 14.2 Å². The van der Waals surface area contributed by atoms with E-state index in [0.29, 0.717) is 28.5 Å². The lowest BCUT2D eigenvalue weighted by Gasteiger charge is -2.16. The van der Waals surface area contributed by atoms with Crippen molar-refractivity contribution in [1.29, 1.82) is 0 Å².